The molecule has 2 aromatic carbocycles. The molecule has 0 saturated heterocycles. The molecule has 1 aliphatic rings. The molecule has 0 bridgehead atoms. The van der Waals surface area contributed by atoms with Crippen molar-refractivity contribution in [3.63, 3.8) is 0 Å². The summed E-state index contributed by atoms with van der Waals surface area (Å²) in [4.78, 5) is 30.3. The highest BCUT2D eigenvalue weighted by Gasteiger charge is 2.38. The smallest absolute Gasteiger partial charge is 0.475 e. The maximum atomic E-state index is 13.0. The van der Waals surface area contributed by atoms with Crippen LogP contribution in [0, 0.1) is 0 Å². The van der Waals surface area contributed by atoms with Crippen LogP contribution in [0.3, 0.4) is 0 Å². The van der Waals surface area contributed by atoms with Crippen LogP contribution in [-0.4, -0.2) is 39.7 Å². The van der Waals surface area contributed by atoms with Crippen molar-refractivity contribution in [2.24, 2.45) is 0 Å². The zero-order chi connectivity index (χ0) is 33.5. The van der Waals surface area contributed by atoms with Crippen LogP contribution in [0.15, 0.2) is 77.2 Å². The number of carbonyl (C=O) groups excluding carboxylic acids is 1. The Morgan fingerprint density at radius 3 is 2.46 bits per heavy atom. The van der Waals surface area contributed by atoms with Gasteiger partial charge in [0.1, 0.15) is 35.2 Å². The Morgan fingerprint density at radius 2 is 1.80 bits per heavy atom. The van der Waals surface area contributed by atoms with Crippen molar-refractivity contribution in [3.8, 4) is 11.5 Å². The minimum atomic E-state index is -5.08. The lowest BCUT2D eigenvalue weighted by Gasteiger charge is -2.14. The van der Waals surface area contributed by atoms with Crippen LogP contribution in [0.25, 0.3) is 6.08 Å². The quantitative estimate of drug-likeness (QED) is 0.148. The number of nitrogens with one attached hydrogen (secondary N) is 3. The number of carbonyl (C=O) groups is 2. The minimum absolute atomic E-state index is 0.00243. The van der Waals surface area contributed by atoms with Crippen molar-refractivity contribution in [2.45, 2.75) is 25.3 Å². The van der Waals surface area contributed by atoms with Crippen molar-refractivity contribution in [1.82, 2.24) is 15.3 Å². The molecule has 3 heterocycles. The molecule has 0 radical (unpaired) electrons. The van der Waals surface area contributed by atoms with Gasteiger partial charge in [0.15, 0.2) is 0 Å². The SMILES string of the molecule is O=C(NCc1ccco1)C1=Cc2c(ncnc2Nc2ccc(Oc3cccc(C(F)(F)F)c3)c(Cl)c2)NCC1.O=C(O)C(F)(F)F. The van der Waals surface area contributed by atoms with E-state index in [1.165, 1.54) is 30.8 Å². The fourth-order valence-corrected chi connectivity index (χ4v) is 4.09. The summed E-state index contributed by atoms with van der Waals surface area (Å²) in [6, 6.07) is 12.8. The number of benzene rings is 2. The molecule has 0 aliphatic carbocycles. The van der Waals surface area contributed by atoms with Crippen LogP contribution in [0.4, 0.5) is 43.7 Å². The summed E-state index contributed by atoms with van der Waals surface area (Å²) in [6.45, 7) is 0.754. The highest BCUT2D eigenvalue weighted by Crippen LogP contribution is 2.36. The van der Waals surface area contributed by atoms with Crippen molar-refractivity contribution in [2.75, 3.05) is 17.2 Å². The zero-order valence-electron chi connectivity index (χ0n) is 23.2. The molecule has 0 saturated carbocycles. The summed E-state index contributed by atoms with van der Waals surface area (Å²) in [5.41, 5.74) is 0.834. The second kappa shape index (κ2) is 14.2. The summed E-state index contributed by atoms with van der Waals surface area (Å²) >= 11 is 6.38. The molecule has 4 N–H and O–H groups in total. The van der Waals surface area contributed by atoms with Gasteiger partial charge in [-0.3, -0.25) is 4.79 Å². The Kier molecular flexibility index (Phi) is 10.4. The van der Waals surface area contributed by atoms with Gasteiger partial charge in [0.05, 0.1) is 29.0 Å². The molecular weight excluding hydrogens is 648 g/mol. The Morgan fingerprint density at radius 1 is 1.04 bits per heavy atom. The van der Waals surface area contributed by atoms with Crippen LogP contribution in [0.2, 0.25) is 5.02 Å². The molecule has 2 aromatic heterocycles. The van der Waals surface area contributed by atoms with E-state index in [0.717, 1.165) is 12.1 Å². The number of carboxylic acids is 1. The molecule has 0 spiro atoms. The Balaban J connectivity index is 0.000000617. The number of fused-ring (bicyclic) bond motifs is 1. The van der Waals surface area contributed by atoms with Crippen LogP contribution >= 0.6 is 11.6 Å². The molecule has 17 heteroatoms. The van der Waals surface area contributed by atoms with Crippen LogP contribution < -0.4 is 20.7 Å². The standard InChI is InChI=1S/C27H21ClF3N5O3.C2HF3O2/c28-22-13-18(6-7-23(22)39-19-4-1-3-17(12-19)27(29,30)31)36-25-21-11-16(8-9-32-24(21)34-15-35-25)26(37)33-14-20-5-2-10-38-20;3-2(4,5)1(6)7/h1-7,10-13,15H,8-9,14H2,(H,33,37)(H2,32,34,35,36);(H,6,7). The number of anilines is 3. The monoisotopic (exact) mass is 669 g/mol. The molecule has 0 atom stereocenters. The molecule has 10 nitrogen and oxygen atoms in total. The third-order valence-electron chi connectivity index (χ3n) is 6.01. The summed E-state index contributed by atoms with van der Waals surface area (Å²) in [5, 5.41) is 16.5. The lowest BCUT2D eigenvalue weighted by molar-refractivity contribution is -0.192. The van der Waals surface area contributed by atoms with Crippen molar-refractivity contribution >= 4 is 46.9 Å². The number of ether oxygens (including phenoxy) is 1. The molecular formula is C29H22ClF6N5O5. The van der Waals surface area contributed by atoms with Crippen LogP contribution in [0.5, 0.6) is 11.5 Å². The van der Waals surface area contributed by atoms with Gasteiger partial charge in [-0.05, 0) is 61.0 Å². The number of aliphatic carboxylic acids is 1. The summed E-state index contributed by atoms with van der Waals surface area (Å²) in [7, 11) is 0. The lowest BCUT2D eigenvalue weighted by Crippen LogP contribution is -2.24. The van der Waals surface area contributed by atoms with Crippen LogP contribution in [0.1, 0.15) is 23.3 Å². The number of furan rings is 1. The Hall–Kier alpha value is -5.25. The summed E-state index contributed by atoms with van der Waals surface area (Å²) < 4.78 is 81.7. The van der Waals surface area contributed by atoms with E-state index in [2.05, 4.69) is 25.9 Å². The number of hydrogen-bond donors (Lipinski definition) is 4. The third-order valence-corrected chi connectivity index (χ3v) is 6.31. The number of nitrogens with zero attached hydrogens (tertiary/aromatic N) is 2. The van der Waals surface area contributed by atoms with E-state index in [-0.39, 0.29) is 29.0 Å². The highest BCUT2D eigenvalue weighted by molar-refractivity contribution is 6.32. The van der Waals surface area contributed by atoms with E-state index in [1.54, 1.807) is 30.3 Å². The van der Waals surface area contributed by atoms with Crippen molar-refractivity contribution in [1.29, 1.82) is 0 Å². The van der Waals surface area contributed by atoms with Gasteiger partial charge in [-0.2, -0.15) is 26.3 Å². The predicted octanol–water partition coefficient (Wildman–Crippen LogP) is 7.43. The summed E-state index contributed by atoms with van der Waals surface area (Å²) in [6.07, 6.45) is -4.46. The Bertz CT molecular complexity index is 1730. The largest absolute Gasteiger partial charge is 0.490 e. The maximum Gasteiger partial charge on any atom is 0.490 e. The second-order valence-electron chi connectivity index (χ2n) is 9.29. The number of alkyl halides is 6. The van der Waals surface area contributed by atoms with Crippen molar-refractivity contribution < 1.29 is 50.2 Å². The number of hydrogen-bond acceptors (Lipinski definition) is 8. The zero-order valence-corrected chi connectivity index (χ0v) is 23.9. The van der Waals surface area contributed by atoms with Gasteiger partial charge >= 0.3 is 18.3 Å². The van der Waals surface area contributed by atoms with Gasteiger partial charge in [0, 0.05) is 17.8 Å². The molecule has 4 aromatic rings. The molecule has 0 unspecified atom stereocenters. The minimum Gasteiger partial charge on any atom is -0.475 e. The number of carboxylic acid groups (broad SMARTS) is 1. The van der Waals surface area contributed by atoms with Gasteiger partial charge in [-0.15, -0.1) is 0 Å². The number of rotatable bonds is 7. The average molecular weight is 670 g/mol. The fraction of sp³-hybridized carbons (Fsp3) is 0.172. The molecule has 1 amide bonds. The van der Waals surface area contributed by atoms with Crippen LogP contribution in [-0.2, 0) is 22.3 Å². The van der Waals surface area contributed by atoms with E-state index >= 15 is 0 Å². The van der Waals surface area contributed by atoms with Gasteiger partial charge in [-0.1, -0.05) is 17.7 Å². The molecule has 1 aliphatic heterocycles. The normalized spacial score (nSPS) is 12.7. The molecule has 46 heavy (non-hydrogen) atoms. The number of halogens is 7. The lowest BCUT2D eigenvalue weighted by atomic mass is 10.1. The van der Waals surface area contributed by atoms with Gasteiger partial charge in [-0.25, -0.2) is 14.8 Å². The second-order valence-corrected chi connectivity index (χ2v) is 9.70. The molecule has 242 valence electrons. The number of aromatic nitrogens is 2. The van der Waals surface area contributed by atoms with Gasteiger partial charge in [0.25, 0.3) is 0 Å². The molecule has 0 fully saturated rings. The first-order valence-corrected chi connectivity index (χ1v) is 13.4. The van der Waals surface area contributed by atoms with E-state index in [1.807, 2.05) is 0 Å². The van der Waals surface area contributed by atoms with E-state index < -0.39 is 23.9 Å². The first kappa shape index (κ1) is 33.6. The Labute approximate surface area is 261 Å². The predicted molar refractivity (Wildman–Crippen MR) is 154 cm³/mol. The van der Waals surface area contributed by atoms with Gasteiger partial charge < -0.3 is 30.2 Å². The molecule has 5 rings (SSSR count). The first-order chi connectivity index (χ1) is 21.7. The third kappa shape index (κ3) is 9.13. The van der Waals surface area contributed by atoms with E-state index in [9.17, 15) is 31.1 Å². The number of amides is 1. The topological polar surface area (TPSA) is 139 Å². The highest BCUT2D eigenvalue weighted by atomic mass is 35.5. The van der Waals surface area contributed by atoms with E-state index in [4.69, 9.17) is 30.7 Å². The maximum absolute atomic E-state index is 13.0. The summed E-state index contributed by atoms with van der Waals surface area (Å²) in [5.74, 6) is -1.20. The average Bonchev–Trinajstić information content (AvgIpc) is 3.41. The van der Waals surface area contributed by atoms with E-state index in [0.29, 0.717) is 47.2 Å². The first-order valence-electron chi connectivity index (χ1n) is 13.0. The van der Waals surface area contributed by atoms with Gasteiger partial charge in [0.2, 0.25) is 5.91 Å². The fourth-order valence-electron chi connectivity index (χ4n) is 3.87. The van der Waals surface area contributed by atoms with Crippen molar-refractivity contribution in [3.05, 3.63) is 94.7 Å².